The predicted octanol–water partition coefficient (Wildman–Crippen LogP) is 3.88. The van der Waals surface area contributed by atoms with Crippen LogP contribution in [0.4, 0.5) is 5.69 Å². The summed E-state index contributed by atoms with van der Waals surface area (Å²) in [6, 6.07) is 8.36. The molecule has 1 aliphatic carbocycles. The Hall–Kier alpha value is -1.02. The maximum absolute atomic E-state index is 5.74. The second-order valence-electron chi connectivity index (χ2n) is 6.05. The predicted molar refractivity (Wildman–Crippen MR) is 83.3 cm³/mol. The normalized spacial score (nSPS) is 17.4. The van der Waals surface area contributed by atoms with Crippen molar-refractivity contribution in [1.82, 2.24) is 4.90 Å². The Morgan fingerprint density at radius 2 is 1.95 bits per heavy atom. The molecule has 106 valence electrons. The van der Waals surface area contributed by atoms with E-state index in [1.165, 1.54) is 50.9 Å². The number of rotatable bonds is 7. The van der Waals surface area contributed by atoms with Gasteiger partial charge >= 0.3 is 0 Å². The monoisotopic (exact) mass is 260 g/mol. The van der Waals surface area contributed by atoms with Crippen LogP contribution in [0.2, 0.25) is 0 Å². The molecule has 1 fully saturated rings. The minimum atomic E-state index is 0.621. The summed E-state index contributed by atoms with van der Waals surface area (Å²) < 4.78 is 0. The molecule has 0 aliphatic heterocycles. The maximum atomic E-state index is 5.74. The van der Waals surface area contributed by atoms with E-state index in [-0.39, 0.29) is 0 Å². The minimum absolute atomic E-state index is 0.621. The van der Waals surface area contributed by atoms with Gasteiger partial charge in [-0.2, -0.15) is 0 Å². The van der Waals surface area contributed by atoms with E-state index in [0.29, 0.717) is 5.92 Å². The van der Waals surface area contributed by atoms with Gasteiger partial charge in [-0.1, -0.05) is 32.4 Å². The number of nitrogens with zero attached hydrogens (tertiary/aromatic N) is 1. The van der Waals surface area contributed by atoms with Crippen LogP contribution in [-0.4, -0.2) is 24.5 Å². The third-order valence-corrected chi connectivity index (χ3v) is 4.57. The molecule has 1 unspecified atom stereocenters. The van der Waals surface area contributed by atoms with Crippen molar-refractivity contribution in [1.29, 1.82) is 0 Å². The van der Waals surface area contributed by atoms with E-state index in [1.54, 1.807) is 0 Å². The largest absolute Gasteiger partial charge is 0.399 e. The highest BCUT2D eigenvalue weighted by atomic mass is 15.1. The van der Waals surface area contributed by atoms with Crippen LogP contribution in [-0.2, 0) is 0 Å². The van der Waals surface area contributed by atoms with Gasteiger partial charge in [-0.25, -0.2) is 0 Å². The minimum Gasteiger partial charge on any atom is -0.399 e. The van der Waals surface area contributed by atoms with Gasteiger partial charge in [0.2, 0.25) is 0 Å². The highest BCUT2D eigenvalue weighted by Gasteiger charge is 2.20. The molecular weight excluding hydrogens is 232 g/mol. The van der Waals surface area contributed by atoms with Gasteiger partial charge in [0.15, 0.2) is 0 Å². The van der Waals surface area contributed by atoms with E-state index < -0.39 is 0 Å². The molecule has 0 saturated heterocycles. The van der Waals surface area contributed by atoms with Gasteiger partial charge in [0.1, 0.15) is 0 Å². The zero-order valence-corrected chi connectivity index (χ0v) is 12.4. The van der Waals surface area contributed by atoms with Crippen molar-refractivity contribution < 1.29 is 0 Å². The van der Waals surface area contributed by atoms with Crippen molar-refractivity contribution in [2.24, 2.45) is 5.92 Å². The average Bonchev–Trinajstić information content (AvgIpc) is 2.37. The second kappa shape index (κ2) is 6.95. The molecule has 19 heavy (non-hydrogen) atoms. The average molecular weight is 260 g/mol. The third-order valence-electron chi connectivity index (χ3n) is 4.57. The van der Waals surface area contributed by atoms with Crippen LogP contribution in [0.15, 0.2) is 24.3 Å². The fourth-order valence-electron chi connectivity index (χ4n) is 2.79. The maximum Gasteiger partial charge on any atom is 0.0314 e. The van der Waals surface area contributed by atoms with E-state index >= 15 is 0 Å². The zero-order chi connectivity index (χ0) is 13.7. The van der Waals surface area contributed by atoms with Crippen LogP contribution >= 0.6 is 0 Å². The van der Waals surface area contributed by atoms with E-state index in [4.69, 9.17) is 5.73 Å². The van der Waals surface area contributed by atoms with Crippen molar-refractivity contribution in [2.45, 2.75) is 45.4 Å². The van der Waals surface area contributed by atoms with Crippen molar-refractivity contribution in [3.05, 3.63) is 29.8 Å². The molecular formula is C17H28N2. The van der Waals surface area contributed by atoms with E-state index in [0.717, 1.165) is 11.6 Å². The number of hydrogen-bond acceptors (Lipinski definition) is 2. The fraction of sp³-hybridized carbons (Fsp3) is 0.647. The van der Waals surface area contributed by atoms with Crippen molar-refractivity contribution in [2.75, 3.05) is 25.4 Å². The van der Waals surface area contributed by atoms with Gasteiger partial charge in [-0.05, 0) is 61.9 Å². The lowest BCUT2D eigenvalue weighted by molar-refractivity contribution is 0.180. The number of nitrogens with two attached hydrogens (primary N) is 1. The van der Waals surface area contributed by atoms with Crippen LogP contribution in [0.25, 0.3) is 0 Å². The van der Waals surface area contributed by atoms with Crippen molar-refractivity contribution >= 4 is 5.69 Å². The summed E-state index contributed by atoms with van der Waals surface area (Å²) in [7, 11) is 0. The topological polar surface area (TPSA) is 29.3 Å². The second-order valence-corrected chi connectivity index (χ2v) is 6.05. The Morgan fingerprint density at radius 1 is 1.26 bits per heavy atom. The Bertz CT molecular complexity index is 367. The first-order valence-electron chi connectivity index (χ1n) is 7.76. The molecule has 0 radical (unpaired) electrons. The quantitative estimate of drug-likeness (QED) is 0.754. The highest BCUT2D eigenvalue weighted by molar-refractivity contribution is 5.40. The molecule has 0 amide bonds. The summed E-state index contributed by atoms with van der Waals surface area (Å²) in [4.78, 5) is 2.62. The molecule has 2 rings (SSSR count). The summed E-state index contributed by atoms with van der Waals surface area (Å²) in [5.41, 5.74) is 8.01. The molecule has 1 saturated carbocycles. The molecule has 1 aromatic rings. The molecule has 2 nitrogen and oxygen atoms in total. The summed E-state index contributed by atoms with van der Waals surface area (Å²) in [5, 5.41) is 0. The van der Waals surface area contributed by atoms with Gasteiger partial charge in [-0.3, -0.25) is 0 Å². The first-order chi connectivity index (χ1) is 9.19. The van der Waals surface area contributed by atoms with Crippen molar-refractivity contribution in [3.8, 4) is 0 Å². The Labute approximate surface area is 118 Å². The molecule has 2 heteroatoms. The summed E-state index contributed by atoms with van der Waals surface area (Å²) in [6.07, 6.45) is 5.59. The van der Waals surface area contributed by atoms with Gasteiger partial charge in [-0.15, -0.1) is 0 Å². The third kappa shape index (κ3) is 4.24. The Kier molecular flexibility index (Phi) is 5.26. The first-order valence-corrected chi connectivity index (χ1v) is 7.76. The van der Waals surface area contributed by atoms with E-state index in [9.17, 15) is 0 Å². The van der Waals surface area contributed by atoms with Crippen LogP contribution in [0.3, 0.4) is 0 Å². The lowest BCUT2D eigenvalue weighted by Gasteiger charge is -2.32. The molecule has 0 heterocycles. The summed E-state index contributed by atoms with van der Waals surface area (Å²) in [6.45, 7) is 8.32. The van der Waals surface area contributed by atoms with Crippen LogP contribution in [0, 0.1) is 5.92 Å². The zero-order valence-electron chi connectivity index (χ0n) is 12.4. The molecule has 0 aromatic heterocycles. The molecule has 1 aromatic carbocycles. The summed E-state index contributed by atoms with van der Waals surface area (Å²) in [5.74, 6) is 1.60. The van der Waals surface area contributed by atoms with Gasteiger partial charge in [0, 0.05) is 12.2 Å². The fourth-order valence-corrected chi connectivity index (χ4v) is 2.79. The van der Waals surface area contributed by atoms with Gasteiger partial charge < -0.3 is 10.6 Å². The highest BCUT2D eigenvalue weighted by Crippen LogP contribution is 2.27. The smallest absolute Gasteiger partial charge is 0.0314 e. The molecule has 1 aliphatic rings. The molecule has 0 spiro atoms. The standard InChI is InChI=1S/C17H28N2/c1-3-19(13-15-5-4-6-15)12-11-14(2)16-7-9-17(18)10-8-16/h7-10,14-15H,3-6,11-13,18H2,1-2H3. The SMILES string of the molecule is CCN(CCC(C)c1ccc(N)cc1)CC1CCC1. The molecule has 2 N–H and O–H groups in total. The Balaban J connectivity index is 1.77. The number of hydrogen-bond donors (Lipinski definition) is 1. The number of nitrogen functional groups attached to an aromatic ring is 1. The molecule has 0 bridgehead atoms. The first kappa shape index (κ1) is 14.4. The van der Waals surface area contributed by atoms with E-state index in [1.807, 2.05) is 12.1 Å². The van der Waals surface area contributed by atoms with Gasteiger partial charge in [0.25, 0.3) is 0 Å². The lowest BCUT2D eigenvalue weighted by Crippen LogP contribution is -2.33. The Morgan fingerprint density at radius 3 is 2.47 bits per heavy atom. The lowest BCUT2D eigenvalue weighted by atomic mass is 9.85. The van der Waals surface area contributed by atoms with Crippen LogP contribution < -0.4 is 5.73 Å². The van der Waals surface area contributed by atoms with Gasteiger partial charge in [0.05, 0.1) is 0 Å². The van der Waals surface area contributed by atoms with E-state index in [2.05, 4.69) is 30.9 Å². The number of benzene rings is 1. The van der Waals surface area contributed by atoms with Crippen LogP contribution in [0.5, 0.6) is 0 Å². The van der Waals surface area contributed by atoms with Crippen LogP contribution in [0.1, 0.15) is 51.0 Å². The summed E-state index contributed by atoms with van der Waals surface area (Å²) >= 11 is 0. The van der Waals surface area contributed by atoms with Crippen molar-refractivity contribution in [3.63, 3.8) is 0 Å². The molecule has 1 atom stereocenters. The number of anilines is 1.